The topological polar surface area (TPSA) is 45.5 Å². The van der Waals surface area contributed by atoms with Crippen molar-refractivity contribution in [1.82, 2.24) is 9.78 Å². The van der Waals surface area contributed by atoms with Crippen molar-refractivity contribution in [2.24, 2.45) is 7.05 Å². The number of nitrogens with zero attached hydrogens (tertiary/aromatic N) is 2. The van der Waals surface area contributed by atoms with Gasteiger partial charge in [-0.3, -0.25) is 4.68 Å². The van der Waals surface area contributed by atoms with Crippen LogP contribution in [-0.2, 0) is 27.5 Å². The van der Waals surface area contributed by atoms with Crippen molar-refractivity contribution in [2.45, 2.75) is 52.4 Å². The lowest BCUT2D eigenvalue weighted by molar-refractivity contribution is 0.00578. The minimum absolute atomic E-state index is 0.344. The van der Waals surface area contributed by atoms with E-state index in [4.69, 9.17) is 13.8 Å². The Bertz CT molecular complexity index is 491. The van der Waals surface area contributed by atoms with Gasteiger partial charge in [0.25, 0.3) is 0 Å². The van der Waals surface area contributed by atoms with Crippen LogP contribution in [0, 0.1) is 6.92 Å². The molecule has 1 fully saturated rings. The average Bonchev–Trinajstić information content (AvgIpc) is 2.71. The molecule has 0 aromatic carbocycles. The molecule has 0 radical (unpaired) electrons. The normalized spacial score (nSPS) is 21.2. The van der Waals surface area contributed by atoms with E-state index in [9.17, 15) is 0 Å². The molecule has 1 aliphatic rings. The zero-order valence-electron chi connectivity index (χ0n) is 12.8. The van der Waals surface area contributed by atoms with Gasteiger partial charge in [-0.1, -0.05) is 0 Å². The molecule has 0 spiro atoms. The highest BCUT2D eigenvalue weighted by Gasteiger charge is 2.53. The molecule has 1 saturated heterocycles. The van der Waals surface area contributed by atoms with Gasteiger partial charge in [0.1, 0.15) is 0 Å². The molecule has 0 N–H and O–H groups in total. The van der Waals surface area contributed by atoms with Crippen LogP contribution in [-0.4, -0.2) is 28.1 Å². The molecule has 1 unspecified atom stereocenters. The van der Waals surface area contributed by atoms with Gasteiger partial charge in [0.05, 0.1) is 30.0 Å². The summed E-state index contributed by atoms with van der Waals surface area (Å²) in [6, 6.07) is 0. The van der Waals surface area contributed by atoms with E-state index < -0.39 is 0 Å². The summed E-state index contributed by atoms with van der Waals surface area (Å²) in [7, 11) is 1.55. The van der Waals surface area contributed by atoms with E-state index in [1.54, 1.807) is 0 Å². The Morgan fingerprint density at radius 3 is 2.35 bits per heavy atom. The van der Waals surface area contributed by atoms with E-state index in [1.165, 1.54) is 0 Å². The molecule has 8 heteroatoms. The second-order valence-corrected chi connectivity index (χ2v) is 7.79. The molecular formula is C12H21BIN2O3P. The number of halogens is 1. The Morgan fingerprint density at radius 1 is 1.30 bits per heavy atom. The fraction of sp³-hybridized carbons (Fsp3) is 0.750. The Labute approximate surface area is 135 Å². The molecule has 0 amide bonds. The van der Waals surface area contributed by atoms with E-state index >= 15 is 0 Å². The third kappa shape index (κ3) is 2.93. The first-order valence-electron chi connectivity index (χ1n) is 6.55. The van der Waals surface area contributed by atoms with Crippen molar-refractivity contribution >= 4 is 41.1 Å². The van der Waals surface area contributed by atoms with Crippen molar-refractivity contribution in [1.29, 1.82) is 0 Å². The third-order valence-electron chi connectivity index (χ3n) is 4.21. The van der Waals surface area contributed by atoms with Crippen LogP contribution in [0.3, 0.4) is 0 Å². The average molecular weight is 410 g/mol. The number of aromatic nitrogens is 2. The second-order valence-electron chi connectivity index (χ2n) is 6.02. The molecule has 1 aromatic rings. The lowest BCUT2D eigenvalue weighted by Crippen LogP contribution is -2.41. The van der Waals surface area contributed by atoms with Crippen molar-refractivity contribution in [3.05, 3.63) is 11.4 Å². The molecule has 1 aromatic heterocycles. The van der Waals surface area contributed by atoms with E-state index in [2.05, 4.69) is 54.8 Å². The number of hydrogen-bond donors (Lipinski definition) is 0. The predicted octanol–water partition coefficient (Wildman–Crippen LogP) is 2.49. The van der Waals surface area contributed by atoms with Gasteiger partial charge >= 0.3 is 7.12 Å². The van der Waals surface area contributed by atoms with Gasteiger partial charge in [-0.15, -0.1) is 0 Å². The maximum atomic E-state index is 6.13. The molecule has 2 heterocycles. The van der Waals surface area contributed by atoms with Crippen LogP contribution in [0.4, 0.5) is 0 Å². The molecule has 20 heavy (non-hydrogen) atoms. The van der Waals surface area contributed by atoms with Gasteiger partial charge in [-0.25, -0.2) is 0 Å². The SMILES string of the molecule is Cc1c(B2OC(C)(C)C(C)(C)O2)c(COPI)nn1C. The fourth-order valence-electron chi connectivity index (χ4n) is 2.16. The van der Waals surface area contributed by atoms with E-state index in [-0.39, 0.29) is 18.3 Å². The highest BCUT2D eigenvalue weighted by Crippen LogP contribution is 2.37. The highest BCUT2D eigenvalue weighted by atomic mass is 127. The van der Waals surface area contributed by atoms with Gasteiger partial charge in [-0.2, -0.15) is 5.10 Å². The molecule has 2 rings (SSSR count). The number of aryl methyl sites for hydroxylation is 1. The predicted molar refractivity (Wildman–Crippen MR) is 90.8 cm³/mol. The molecule has 0 bridgehead atoms. The summed E-state index contributed by atoms with van der Waals surface area (Å²) >= 11 is 2.21. The van der Waals surface area contributed by atoms with E-state index in [1.807, 2.05) is 18.7 Å². The van der Waals surface area contributed by atoms with Gasteiger partial charge in [0.2, 0.25) is 0 Å². The van der Waals surface area contributed by atoms with Crippen LogP contribution in [0.15, 0.2) is 0 Å². The Hall–Kier alpha value is 0.315. The molecule has 0 saturated carbocycles. The van der Waals surface area contributed by atoms with Gasteiger partial charge in [-0.05, 0) is 56.7 Å². The van der Waals surface area contributed by atoms with Crippen molar-refractivity contribution < 1.29 is 13.8 Å². The first-order chi connectivity index (χ1) is 9.19. The summed E-state index contributed by atoms with van der Waals surface area (Å²) in [5.74, 6) is 0. The summed E-state index contributed by atoms with van der Waals surface area (Å²) in [5, 5.41) is 4.52. The van der Waals surface area contributed by atoms with Crippen LogP contribution < -0.4 is 5.46 Å². The first-order valence-corrected chi connectivity index (χ1v) is 10.6. The van der Waals surface area contributed by atoms with Gasteiger partial charge < -0.3 is 13.8 Å². The van der Waals surface area contributed by atoms with E-state index in [0.717, 1.165) is 16.9 Å². The van der Waals surface area contributed by atoms with Crippen molar-refractivity contribution in [3.8, 4) is 0 Å². The summed E-state index contributed by atoms with van der Waals surface area (Å²) in [5.41, 5.74) is 2.26. The Kier molecular flexibility index (Phi) is 4.87. The summed E-state index contributed by atoms with van der Waals surface area (Å²) in [4.78, 5) is 0. The van der Waals surface area contributed by atoms with Crippen LogP contribution in [0.5, 0.6) is 0 Å². The first kappa shape index (κ1) is 16.7. The standard InChI is InChI=1S/C12H21BIN2O3P/c1-8-10(9(7-17-20-14)15-16(8)6)13-18-11(2,3)12(4,5)19-13/h20H,7H2,1-6H3. The molecule has 1 atom stereocenters. The minimum Gasteiger partial charge on any atom is -0.399 e. The summed E-state index contributed by atoms with van der Waals surface area (Å²) < 4.78 is 19.6. The van der Waals surface area contributed by atoms with Crippen LogP contribution in [0.1, 0.15) is 39.1 Å². The quantitative estimate of drug-likeness (QED) is 0.435. The Morgan fingerprint density at radius 2 is 1.85 bits per heavy atom. The summed E-state index contributed by atoms with van der Waals surface area (Å²) in [6.45, 7) is 11.2. The second kappa shape index (κ2) is 5.84. The fourth-order valence-corrected chi connectivity index (χ4v) is 2.82. The lowest BCUT2D eigenvalue weighted by Gasteiger charge is -2.32. The zero-order valence-corrected chi connectivity index (χ0v) is 15.9. The lowest BCUT2D eigenvalue weighted by atomic mass is 9.77. The zero-order chi connectivity index (χ0) is 15.1. The molecule has 0 aliphatic carbocycles. The summed E-state index contributed by atoms with van der Waals surface area (Å²) in [6.07, 6.45) is 0. The van der Waals surface area contributed by atoms with Crippen LogP contribution in [0.25, 0.3) is 0 Å². The number of hydrogen-bond acceptors (Lipinski definition) is 4. The van der Waals surface area contributed by atoms with Crippen molar-refractivity contribution in [2.75, 3.05) is 0 Å². The largest absolute Gasteiger partial charge is 0.498 e. The smallest absolute Gasteiger partial charge is 0.399 e. The van der Waals surface area contributed by atoms with E-state index in [0.29, 0.717) is 13.1 Å². The molecular weight excluding hydrogens is 389 g/mol. The molecule has 5 nitrogen and oxygen atoms in total. The number of rotatable bonds is 4. The minimum atomic E-state index is -0.384. The monoisotopic (exact) mass is 410 g/mol. The highest BCUT2D eigenvalue weighted by molar-refractivity contribution is 14.2. The molecule has 1 aliphatic heterocycles. The maximum absolute atomic E-state index is 6.13. The molecule has 112 valence electrons. The van der Waals surface area contributed by atoms with Crippen molar-refractivity contribution in [3.63, 3.8) is 0 Å². The van der Waals surface area contributed by atoms with Gasteiger partial charge in [0, 0.05) is 18.2 Å². The van der Waals surface area contributed by atoms with Crippen LogP contribution >= 0.6 is 28.5 Å². The third-order valence-corrected chi connectivity index (χ3v) is 5.40. The van der Waals surface area contributed by atoms with Gasteiger partial charge in [0.15, 0.2) is 0 Å². The Balaban J connectivity index is 2.34. The van der Waals surface area contributed by atoms with Crippen LogP contribution in [0.2, 0.25) is 0 Å². The maximum Gasteiger partial charge on any atom is 0.498 e.